The van der Waals surface area contributed by atoms with Crippen molar-refractivity contribution >= 4 is 28.8 Å². The van der Waals surface area contributed by atoms with Crippen molar-refractivity contribution in [3.8, 4) is 39.0 Å². The highest BCUT2D eigenvalue weighted by Crippen LogP contribution is 2.33. The number of carbonyl (C=O) groups excluding carboxylic acids is 1. The predicted molar refractivity (Wildman–Crippen MR) is 133 cm³/mol. The quantitative estimate of drug-likeness (QED) is 0.440. The number of nitrogens with one attached hydrogen (secondary N) is 1. The second-order valence-electron chi connectivity index (χ2n) is 7.65. The van der Waals surface area contributed by atoms with Gasteiger partial charge < -0.3 is 14.8 Å². The van der Waals surface area contributed by atoms with Crippen molar-refractivity contribution in [3.63, 3.8) is 0 Å². The highest BCUT2D eigenvalue weighted by molar-refractivity contribution is 7.13. The van der Waals surface area contributed by atoms with Gasteiger partial charge in [0, 0.05) is 40.7 Å². The number of pyridine rings is 1. The topological polar surface area (TPSA) is 82.5 Å². The van der Waals surface area contributed by atoms with Crippen molar-refractivity contribution in [1.29, 1.82) is 0 Å². The third kappa shape index (κ3) is 3.85. The van der Waals surface area contributed by atoms with E-state index in [4.69, 9.17) is 26.1 Å². The first-order valence-electron chi connectivity index (χ1n) is 10.5. The van der Waals surface area contributed by atoms with Gasteiger partial charge in [0.15, 0.2) is 0 Å². The van der Waals surface area contributed by atoms with E-state index in [9.17, 15) is 9.59 Å². The van der Waals surface area contributed by atoms with Crippen molar-refractivity contribution in [3.05, 3.63) is 80.5 Å². The number of hydrogen-bond acceptors (Lipinski definition) is 6. The smallest absolute Gasteiger partial charge is 0.265 e. The van der Waals surface area contributed by atoms with E-state index in [1.807, 2.05) is 17.5 Å². The first-order chi connectivity index (χ1) is 16.5. The molecule has 7 nitrogen and oxygen atoms in total. The molecule has 2 aromatic carbocycles. The summed E-state index contributed by atoms with van der Waals surface area (Å²) in [5, 5.41) is 5.90. The Morgan fingerprint density at radius 3 is 2.56 bits per heavy atom. The van der Waals surface area contributed by atoms with Crippen LogP contribution in [0.4, 0.5) is 0 Å². The summed E-state index contributed by atoms with van der Waals surface area (Å²) in [6.07, 6.45) is 0.505. The van der Waals surface area contributed by atoms with Crippen molar-refractivity contribution in [2.75, 3.05) is 20.8 Å². The zero-order valence-corrected chi connectivity index (χ0v) is 20.0. The first kappa shape index (κ1) is 22.2. The highest BCUT2D eigenvalue weighted by Gasteiger charge is 2.26. The lowest BCUT2D eigenvalue weighted by Gasteiger charge is -2.23. The van der Waals surface area contributed by atoms with Crippen LogP contribution in [0.25, 0.3) is 27.5 Å². The van der Waals surface area contributed by atoms with Crippen LogP contribution < -0.4 is 20.3 Å². The van der Waals surface area contributed by atoms with Crippen molar-refractivity contribution < 1.29 is 14.3 Å². The first-order valence-corrected chi connectivity index (χ1v) is 11.8. The van der Waals surface area contributed by atoms with Gasteiger partial charge in [0.25, 0.3) is 11.5 Å². The van der Waals surface area contributed by atoms with Crippen LogP contribution in [0.3, 0.4) is 0 Å². The maximum atomic E-state index is 13.9. The third-order valence-electron chi connectivity index (χ3n) is 5.70. The monoisotopic (exact) mass is 493 g/mol. The molecule has 4 aromatic rings. The number of carbonyl (C=O) groups is 1. The lowest BCUT2D eigenvalue weighted by Crippen LogP contribution is -2.37. The van der Waals surface area contributed by atoms with E-state index < -0.39 is 0 Å². The molecule has 9 heteroatoms. The number of methoxy groups -OCH3 is 2. The average Bonchev–Trinajstić information content (AvgIpc) is 3.34. The van der Waals surface area contributed by atoms with E-state index in [2.05, 4.69) is 5.32 Å². The summed E-state index contributed by atoms with van der Waals surface area (Å²) >= 11 is 7.35. The molecule has 1 aliphatic rings. The molecule has 3 heterocycles. The van der Waals surface area contributed by atoms with Crippen LogP contribution in [-0.2, 0) is 6.42 Å². The van der Waals surface area contributed by atoms with E-state index in [0.717, 1.165) is 11.3 Å². The largest absolute Gasteiger partial charge is 0.497 e. The number of rotatable bonds is 5. The van der Waals surface area contributed by atoms with Crippen LogP contribution in [0.2, 0.25) is 5.02 Å². The Hall–Kier alpha value is -3.62. The van der Waals surface area contributed by atoms with Gasteiger partial charge >= 0.3 is 0 Å². The second kappa shape index (κ2) is 8.96. The van der Waals surface area contributed by atoms with Crippen LogP contribution in [0, 0.1) is 0 Å². The minimum Gasteiger partial charge on any atom is -0.497 e. The number of aromatic nitrogens is 2. The lowest BCUT2D eigenvalue weighted by atomic mass is 10.0. The molecular formula is C25H20ClN3O4S. The zero-order chi connectivity index (χ0) is 23.8. The number of thiazole rings is 1. The summed E-state index contributed by atoms with van der Waals surface area (Å²) < 4.78 is 12.5. The van der Waals surface area contributed by atoms with Gasteiger partial charge in [0.1, 0.15) is 16.5 Å². The number of benzene rings is 2. The zero-order valence-electron chi connectivity index (χ0n) is 18.4. The summed E-state index contributed by atoms with van der Waals surface area (Å²) in [5.41, 5.74) is 3.24. The van der Waals surface area contributed by atoms with Crippen LogP contribution in [0.1, 0.15) is 16.1 Å². The number of amides is 1. The van der Waals surface area contributed by atoms with E-state index in [-0.39, 0.29) is 11.5 Å². The summed E-state index contributed by atoms with van der Waals surface area (Å²) in [7, 11) is 3.10. The molecular weight excluding hydrogens is 474 g/mol. The molecule has 5 rings (SSSR count). The van der Waals surface area contributed by atoms with Gasteiger partial charge in [-0.1, -0.05) is 23.7 Å². The molecule has 1 N–H and O–H groups in total. The minimum absolute atomic E-state index is 0.229. The summed E-state index contributed by atoms with van der Waals surface area (Å²) in [6, 6.07) is 14.2. The Kier molecular flexibility index (Phi) is 5.85. The Labute approximate surface area is 204 Å². The van der Waals surface area contributed by atoms with Crippen LogP contribution in [0.15, 0.2) is 58.7 Å². The average molecular weight is 494 g/mol. The molecule has 0 saturated carbocycles. The summed E-state index contributed by atoms with van der Waals surface area (Å²) in [5.74, 6) is 0.836. The number of halogens is 1. The normalized spacial score (nSPS) is 12.7. The highest BCUT2D eigenvalue weighted by atomic mass is 35.5. The van der Waals surface area contributed by atoms with Crippen molar-refractivity contribution in [1.82, 2.24) is 14.9 Å². The van der Waals surface area contributed by atoms with Crippen LogP contribution in [0.5, 0.6) is 11.5 Å². The number of fused-ring (bicyclic) bond motifs is 1. The molecule has 0 aliphatic carbocycles. The summed E-state index contributed by atoms with van der Waals surface area (Å²) in [6.45, 7) is 0.439. The lowest BCUT2D eigenvalue weighted by molar-refractivity contribution is 0.0944. The van der Waals surface area contributed by atoms with Gasteiger partial charge in [-0.05, 0) is 30.3 Å². The fourth-order valence-corrected chi connectivity index (χ4v) is 4.98. The van der Waals surface area contributed by atoms with Crippen LogP contribution in [-0.4, -0.2) is 36.2 Å². The summed E-state index contributed by atoms with van der Waals surface area (Å²) in [4.78, 5) is 31.4. The molecule has 1 aliphatic heterocycles. The van der Waals surface area contributed by atoms with E-state index in [1.165, 1.54) is 11.3 Å². The predicted octanol–water partition coefficient (Wildman–Crippen LogP) is 4.58. The second-order valence-corrected chi connectivity index (χ2v) is 8.94. The Balaban J connectivity index is 1.74. The van der Waals surface area contributed by atoms with Crippen LogP contribution >= 0.6 is 22.9 Å². The van der Waals surface area contributed by atoms with Gasteiger partial charge in [-0.15, -0.1) is 11.3 Å². The maximum absolute atomic E-state index is 13.9. The Morgan fingerprint density at radius 1 is 1.03 bits per heavy atom. The SMILES string of the molecule is COc1ccc(OC)c(-n2c3c(cc(-c4nc(-c5ccc(Cl)cc5)cs4)c2=O)C(=O)NCC3)c1. The van der Waals surface area contributed by atoms with E-state index >= 15 is 0 Å². The fourth-order valence-electron chi connectivity index (χ4n) is 4.02. The van der Waals surface area contributed by atoms with E-state index in [1.54, 1.807) is 55.2 Å². The van der Waals surface area contributed by atoms with Gasteiger partial charge in [-0.2, -0.15) is 0 Å². The fraction of sp³-hybridized carbons (Fsp3) is 0.160. The molecule has 1 amide bonds. The molecule has 0 bridgehead atoms. The Bertz CT molecular complexity index is 1460. The minimum atomic E-state index is -0.281. The Morgan fingerprint density at radius 2 is 1.82 bits per heavy atom. The van der Waals surface area contributed by atoms with Gasteiger partial charge in [0.05, 0.1) is 36.7 Å². The number of hydrogen-bond donors (Lipinski definition) is 1. The molecule has 0 saturated heterocycles. The standard InChI is InChI=1S/C25H20ClN3O4S/c1-32-16-7-8-22(33-2)21(11-16)29-20-9-10-27-23(30)17(20)12-18(25(29)31)24-28-19(13-34-24)14-3-5-15(26)6-4-14/h3-8,11-13H,9-10H2,1-2H3,(H,27,30). The van der Waals surface area contributed by atoms with Crippen molar-refractivity contribution in [2.24, 2.45) is 0 Å². The van der Waals surface area contributed by atoms with Gasteiger partial charge in [-0.3, -0.25) is 14.2 Å². The molecule has 0 fully saturated rings. The number of ether oxygens (including phenoxy) is 2. The molecule has 2 aromatic heterocycles. The van der Waals surface area contributed by atoms with Crippen molar-refractivity contribution in [2.45, 2.75) is 6.42 Å². The molecule has 0 atom stereocenters. The molecule has 0 radical (unpaired) electrons. The van der Waals surface area contributed by atoms with Gasteiger partial charge in [-0.25, -0.2) is 4.98 Å². The number of nitrogens with zero attached hydrogens (tertiary/aromatic N) is 2. The molecule has 0 unspecified atom stereocenters. The molecule has 172 valence electrons. The van der Waals surface area contributed by atoms with Gasteiger partial charge in [0.2, 0.25) is 0 Å². The van der Waals surface area contributed by atoms with E-state index in [0.29, 0.717) is 57.0 Å². The molecule has 0 spiro atoms. The molecule has 34 heavy (non-hydrogen) atoms. The third-order valence-corrected chi connectivity index (χ3v) is 6.82. The maximum Gasteiger partial charge on any atom is 0.265 e.